The van der Waals surface area contributed by atoms with Crippen molar-refractivity contribution in [1.82, 2.24) is 15.1 Å². The molecular weight excluding hydrogens is 234 g/mol. The van der Waals surface area contributed by atoms with Gasteiger partial charge < -0.3 is 5.32 Å². The Hall–Kier alpha value is -0.830. The normalized spacial score (nSPS) is 24.8. The van der Waals surface area contributed by atoms with Gasteiger partial charge >= 0.3 is 0 Å². The molecule has 1 aliphatic carbocycles. The Morgan fingerprint density at radius 1 is 1.37 bits per heavy atom. The summed E-state index contributed by atoms with van der Waals surface area (Å²) < 4.78 is 2.09. The third-order valence-electron chi connectivity index (χ3n) is 4.29. The highest BCUT2D eigenvalue weighted by Crippen LogP contribution is 2.38. The molecule has 0 bridgehead atoms. The summed E-state index contributed by atoms with van der Waals surface area (Å²) in [5.41, 5.74) is 1.39. The van der Waals surface area contributed by atoms with Crippen molar-refractivity contribution >= 4 is 0 Å². The molecule has 19 heavy (non-hydrogen) atoms. The highest BCUT2D eigenvalue weighted by Gasteiger charge is 2.30. The molecule has 3 heteroatoms. The van der Waals surface area contributed by atoms with Crippen LogP contribution >= 0.6 is 0 Å². The number of hydrogen-bond donors (Lipinski definition) is 1. The first-order valence-corrected chi connectivity index (χ1v) is 8.00. The minimum atomic E-state index is 0.510. The standard InChI is InChI=1S/C16H29N3/c1-4-8-17-16(14-7-6-13(3)10-14)15-11-18-19(12-15)9-5-2/h11-14,16-17H,4-10H2,1-3H3. The lowest BCUT2D eigenvalue weighted by atomic mass is 9.92. The first kappa shape index (κ1) is 14.6. The Morgan fingerprint density at radius 3 is 2.84 bits per heavy atom. The summed E-state index contributed by atoms with van der Waals surface area (Å²) in [6.45, 7) is 8.96. The van der Waals surface area contributed by atoms with E-state index in [9.17, 15) is 0 Å². The van der Waals surface area contributed by atoms with Crippen LogP contribution in [0.3, 0.4) is 0 Å². The van der Waals surface area contributed by atoms with Crippen molar-refractivity contribution in [2.75, 3.05) is 6.54 Å². The lowest BCUT2D eigenvalue weighted by Gasteiger charge is -2.24. The molecule has 2 rings (SSSR count). The summed E-state index contributed by atoms with van der Waals surface area (Å²) in [6, 6.07) is 0.510. The Balaban J connectivity index is 2.06. The molecule has 1 aromatic rings. The van der Waals surface area contributed by atoms with Crippen LogP contribution in [-0.2, 0) is 6.54 Å². The number of aryl methyl sites for hydroxylation is 1. The van der Waals surface area contributed by atoms with Crippen LogP contribution in [0.15, 0.2) is 12.4 Å². The van der Waals surface area contributed by atoms with Gasteiger partial charge in [0.1, 0.15) is 0 Å². The lowest BCUT2D eigenvalue weighted by molar-refractivity contribution is 0.359. The van der Waals surface area contributed by atoms with Crippen molar-refractivity contribution in [3.63, 3.8) is 0 Å². The Bertz CT molecular complexity index is 372. The van der Waals surface area contributed by atoms with Crippen LogP contribution in [0.2, 0.25) is 0 Å². The molecule has 0 aliphatic heterocycles. The van der Waals surface area contributed by atoms with E-state index in [1.165, 1.54) is 31.2 Å². The molecule has 1 heterocycles. The van der Waals surface area contributed by atoms with Crippen molar-refractivity contribution < 1.29 is 0 Å². The van der Waals surface area contributed by atoms with Gasteiger partial charge in [-0.1, -0.05) is 27.2 Å². The van der Waals surface area contributed by atoms with E-state index < -0.39 is 0 Å². The fourth-order valence-corrected chi connectivity index (χ4v) is 3.30. The lowest BCUT2D eigenvalue weighted by Crippen LogP contribution is -2.27. The smallest absolute Gasteiger partial charge is 0.0537 e. The van der Waals surface area contributed by atoms with E-state index >= 15 is 0 Å². The van der Waals surface area contributed by atoms with E-state index in [0.717, 1.165) is 31.3 Å². The molecule has 0 saturated heterocycles. The third kappa shape index (κ3) is 3.82. The highest BCUT2D eigenvalue weighted by molar-refractivity contribution is 5.12. The minimum absolute atomic E-state index is 0.510. The molecule has 1 aliphatic rings. The van der Waals surface area contributed by atoms with Gasteiger partial charge in [0.2, 0.25) is 0 Å². The van der Waals surface area contributed by atoms with Gasteiger partial charge in [0, 0.05) is 24.3 Å². The maximum absolute atomic E-state index is 4.50. The number of rotatable bonds is 7. The van der Waals surface area contributed by atoms with Gasteiger partial charge in [0.25, 0.3) is 0 Å². The van der Waals surface area contributed by atoms with E-state index in [1.807, 2.05) is 0 Å². The quantitative estimate of drug-likeness (QED) is 0.811. The number of nitrogens with zero attached hydrogens (tertiary/aromatic N) is 2. The molecule has 3 unspecified atom stereocenters. The second-order valence-corrected chi connectivity index (χ2v) is 6.15. The molecule has 0 spiro atoms. The first-order valence-electron chi connectivity index (χ1n) is 8.00. The number of nitrogens with one attached hydrogen (secondary N) is 1. The molecule has 1 N–H and O–H groups in total. The zero-order valence-electron chi connectivity index (χ0n) is 12.7. The van der Waals surface area contributed by atoms with Crippen LogP contribution in [-0.4, -0.2) is 16.3 Å². The topological polar surface area (TPSA) is 29.9 Å². The second kappa shape index (κ2) is 7.09. The van der Waals surface area contributed by atoms with E-state index in [1.54, 1.807) is 0 Å². The Labute approximate surface area is 117 Å². The van der Waals surface area contributed by atoms with Crippen LogP contribution < -0.4 is 5.32 Å². The van der Waals surface area contributed by atoms with Crippen molar-refractivity contribution in [3.8, 4) is 0 Å². The van der Waals surface area contributed by atoms with Gasteiger partial charge in [-0.15, -0.1) is 0 Å². The summed E-state index contributed by atoms with van der Waals surface area (Å²) >= 11 is 0. The molecule has 1 aromatic heterocycles. The predicted octanol–water partition coefficient (Wildman–Crippen LogP) is 3.77. The number of hydrogen-bond acceptors (Lipinski definition) is 2. The zero-order valence-corrected chi connectivity index (χ0v) is 12.7. The first-order chi connectivity index (χ1) is 9.24. The maximum atomic E-state index is 4.50. The molecule has 108 valence electrons. The van der Waals surface area contributed by atoms with Crippen LogP contribution in [0.25, 0.3) is 0 Å². The van der Waals surface area contributed by atoms with Gasteiger partial charge in [0.05, 0.1) is 6.20 Å². The highest BCUT2D eigenvalue weighted by atomic mass is 15.3. The predicted molar refractivity (Wildman–Crippen MR) is 80.1 cm³/mol. The fraction of sp³-hybridized carbons (Fsp3) is 0.812. The van der Waals surface area contributed by atoms with E-state index in [0.29, 0.717) is 6.04 Å². The molecule has 0 amide bonds. The van der Waals surface area contributed by atoms with Crippen molar-refractivity contribution in [3.05, 3.63) is 18.0 Å². The zero-order chi connectivity index (χ0) is 13.7. The van der Waals surface area contributed by atoms with E-state index in [4.69, 9.17) is 0 Å². The minimum Gasteiger partial charge on any atom is -0.310 e. The Morgan fingerprint density at radius 2 is 2.21 bits per heavy atom. The molecule has 0 aromatic carbocycles. The second-order valence-electron chi connectivity index (χ2n) is 6.15. The largest absolute Gasteiger partial charge is 0.310 e. The molecular formula is C16H29N3. The molecule has 1 fully saturated rings. The summed E-state index contributed by atoms with van der Waals surface area (Å²) in [5, 5.41) is 8.25. The van der Waals surface area contributed by atoms with Crippen LogP contribution in [0.5, 0.6) is 0 Å². The fourth-order valence-electron chi connectivity index (χ4n) is 3.30. The van der Waals surface area contributed by atoms with Crippen molar-refractivity contribution in [2.24, 2.45) is 11.8 Å². The van der Waals surface area contributed by atoms with Crippen molar-refractivity contribution in [2.45, 2.75) is 65.5 Å². The SMILES string of the molecule is CCCNC(c1cnn(CCC)c1)C1CCC(C)C1. The van der Waals surface area contributed by atoms with Gasteiger partial charge in [-0.25, -0.2) is 0 Å². The third-order valence-corrected chi connectivity index (χ3v) is 4.29. The summed E-state index contributed by atoms with van der Waals surface area (Å²) in [6.07, 6.45) is 10.8. The average Bonchev–Trinajstić information content (AvgIpc) is 3.01. The summed E-state index contributed by atoms with van der Waals surface area (Å²) in [4.78, 5) is 0. The van der Waals surface area contributed by atoms with Crippen LogP contribution in [0.4, 0.5) is 0 Å². The van der Waals surface area contributed by atoms with Crippen molar-refractivity contribution in [1.29, 1.82) is 0 Å². The van der Waals surface area contributed by atoms with Gasteiger partial charge in [0.15, 0.2) is 0 Å². The molecule has 0 radical (unpaired) electrons. The van der Waals surface area contributed by atoms with Gasteiger partial charge in [-0.2, -0.15) is 5.10 Å². The van der Waals surface area contributed by atoms with Gasteiger partial charge in [-0.05, 0) is 44.1 Å². The summed E-state index contributed by atoms with van der Waals surface area (Å²) in [7, 11) is 0. The monoisotopic (exact) mass is 263 g/mol. The van der Waals surface area contributed by atoms with Crippen LogP contribution in [0, 0.1) is 11.8 Å². The Kier molecular flexibility index (Phi) is 5.44. The van der Waals surface area contributed by atoms with E-state index in [-0.39, 0.29) is 0 Å². The average molecular weight is 263 g/mol. The van der Waals surface area contributed by atoms with Crippen LogP contribution in [0.1, 0.15) is 64.5 Å². The number of aromatic nitrogens is 2. The summed E-state index contributed by atoms with van der Waals surface area (Å²) in [5.74, 6) is 1.68. The molecule has 3 nitrogen and oxygen atoms in total. The maximum Gasteiger partial charge on any atom is 0.0537 e. The molecule has 1 saturated carbocycles. The van der Waals surface area contributed by atoms with Gasteiger partial charge in [-0.3, -0.25) is 4.68 Å². The molecule has 3 atom stereocenters. The van der Waals surface area contributed by atoms with E-state index in [2.05, 4.69) is 48.3 Å².